The Kier molecular flexibility index (Phi) is 6.01. The van der Waals surface area contributed by atoms with Crippen LogP contribution in [0.5, 0.6) is 0 Å². The van der Waals surface area contributed by atoms with Gasteiger partial charge in [0.15, 0.2) is 0 Å². The summed E-state index contributed by atoms with van der Waals surface area (Å²) in [7, 11) is 0. The van der Waals surface area contributed by atoms with Crippen LogP contribution < -0.4 is 0 Å². The summed E-state index contributed by atoms with van der Waals surface area (Å²) in [5.74, 6) is 0. The van der Waals surface area contributed by atoms with Gasteiger partial charge < -0.3 is 0 Å². The van der Waals surface area contributed by atoms with Crippen LogP contribution in [0.3, 0.4) is 0 Å². The second kappa shape index (κ2) is 5.15. The van der Waals surface area contributed by atoms with Crippen molar-refractivity contribution < 1.29 is 0 Å². The van der Waals surface area contributed by atoms with E-state index in [-0.39, 0.29) is 51.4 Å². The molecular weight excluding hydrogens is 191 g/mol. The second-order valence-corrected chi connectivity index (χ2v) is 2.21. The molecule has 1 rings (SSSR count). The van der Waals surface area contributed by atoms with Crippen LogP contribution >= 0.6 is 15.9 Å². The number of benzene rings is 1. The van der Waals surface area contributed by atoms with Gasteiger partial charge in [-0.1, -0.05) is 34.1 Å². The Hall–Kier alpha value is 1.34. The Balaban J connectivity index is 0.000000490. The van der Waals surface area contributed by atoms with Gasteiger partial charge in [-0.05, 0) is 12.1 Å². The summed E-state index contributed by atoms with van der Waals surface area (Å²) in [5, 5.41) is 0. The van der Waals surface area contributed by atoms with Crippen LogP contribution in [-0.4, -0.2) is 51.4 Å². The van der Waals surface area contributed by atoms with Crippen LogP contribution in [0.2, 0.25) is 0 Å². The van der Waals surface area contributed by atoms with Gasteiger partial charge >= 0.3 is 51.4 Å². The molecule has 1 aromatic carbocycles. The molecule has 0 aromatic heterocycles. The van der Waals surface area contributed by atoms with E-state index in [2.05, 4.69) is 15.9 Å². The quantitative estimate of drug-likeness (QED) is 0.556. The molecule has 0 aliphatic heterocycles. The molecule has 1 aromatic rings. The zero-order chi connectivity index (χ0) is 5.11. The van der Waals surface area contributed by atoms with Crippen molar-refractivity contribution in [3.8, 4) is 0 Å². The average molecular weight is 197 g/mol. The molecule has 0 nitrogen and oxygen atoms in total. The predicted molar refractivity (Wildman–Crippen MR) is 41.3 cm³/mol. The summed E-state index contributed by atoms with van der Waals surface area (Å²) in [6, 6.07) is 9.97. The SMILES string of the molecule is Brc1ccccc1.[KH]. The third-order valence-corrected chi connectivity index (χ3v) is 1.26. The van der Waals surface area contributed by atoms with E-state index < -0.39 is 0 Å². The molecule has 0 saturated carbocycles. The predicted octanol–water partition coefficient (Wildman–Crippen LogP) is 1.80. The van der Waals surface area contributed by atoms with Gasteiger partial charge in [-0.3, -0.25) is 0 Å². The van der Waals surface area contributed by atoms with Gasteiger partial charge in [-0.2, -0.15) is 0 Å². The van der Waals surface area contributed by atoms with E-state index in [1.807, 2.05) is 30.3 Å². The minimum absolute atomic E-state index is 0. The van der Waals surface area contributed by atoms with Gasteiger partial charge in [0, 0.05) is 4.47 Å². The molecule has 2 heteroatoms. The first kappa shape index (κ1) is 9.34. The van der Waals surface area contributed by atoms with Crippen LogP contribution in [0.4, 0.5) is 0 Å². The molecule has 0 aliphatic carbocycles. The van der Waals surface area contributed by atoms with E-state index in [1.54, 1.807) is 0 Å². The zero-order valence-corrected chi connectivity index (χ0v) is 5.35. The molecular formula is C6H6BrK. The van der Waals surface area contributed by atoms with E-state index >= 15 is 0 Å². The first-order valence-electron chi connectivity index (χ1n) is 2.10. The van der Waals surface area contributed by atoms with Crippen molar-refractivity contribution in [1.29, 1.82) is 0 Å². The number of halogens is 1. The van der Waals surface area contributed by atoms with Crippen LogP contribution in [0, 0.1) is 0 Å². The summed E-state index contributed by atoms with van der Waals surface area (Å²) in [6.07, 6.45) is 0. The third kappa shape index (κ3) is 3.38. The summed E-state index contributed by atoms with van der Waals surface area (Å²) in [6.45, 7) is 0. The van der Waals surface area contributed by atoms with E-state index in [4.69, 9.17) is 0 Å². The Labute approximate surface area is 100 Å². The van der Waals surface area contributed by atoms with Gasteiger partial charge in [0.25, 0.3) is 0 Å². The Morgan fingerprint density at radius 2 is 1.50 bits per heavy atom. The third-order valence-electron chi connectivity index (χ3n) is 0.733. The first-order valence-corrected chi connectivity index (χ1v) is 2.89. The molecule has 38 valence electrons. The summed E-state index contributed by atoms with van der Waals surface area (Å²) in [5.41, 5.74) is 0. The van der Waals surface area contributed by atoms with Crippen LogP contribution in [0.1, 0.15) is 0 Å². The topological polar surface area (TPSA) is 0 Å². The molecule has 0 saturated heterocycles. The number of hydrogen-bond acceptors (Lipinski definition) is 0. The molecule has 0 spiro atoms. The van der Waals surface area contributed by atoms with Gasteiger partial charge in [0.2, 0.25) is 0 Å². The number of rotatable bonds is 0. The van der Waals surface area contributed by atoms with Crippen molar-refractivity contribution in [2.75, 3.05) is 0 Å². The van der Waals surface area contributed by atoms with Crippen LogP contribution in [0.15, 0.2) is 34.8 Å². The van der Waals surface area contributed by atoms with Gasteiger partial charge in [0.1, 0.15) is 0 Å². The molecule has 0 fully saturated rings. The van der Waals surface area contributed by atoms with Gasteiger partial charge in [-0.25, -0.2) is 0 Å². The summed E-state index contributed by atoms with van der Waals surface area (Å²) in [4.78, 5) is 0. The summed E-state index contributed by atoms with van der Waals surface area (Å²) < 4.78 is 1.13. The molecule has 0 atom stereocenters. The minimum atomic E-state index is 0. The zero-order valence-electron chi connectivity index (χ0n) is 3.76. The number of hydrogen-bond donors (Lipinski definition) is 0. The van der Waals surface area contributed by atoms with Crippen LogP contribution in [-0.2, 0) is 0 Å². The fourth-order valence-corrected chi connectivity index (χ4v) is 0.720. The van der Waals surface area contributed by atoms with Crippen molar-refractivity contribution in [2.24, 2.45) is 0 Å². The maximum atomic E-state index is 3.31. The van der Waals surface area contributed by atoms with Gasteiger partial charge in [-0.15, -0.1) is 0 Å². The Morgan fingerprint density at radius 3 is 1.75 bits per heavy atom. The summed E-state index contributed by atoms with van der Waals surface area (Å²) >= 11 is 3.31. The maximum absolute atomic E-state index is 3.31. The van der Waals surface area contributed by atoms with Crippen LogP contribution in [0.25, 0.3) is 0 Å². The van der Waals surface area contributed by atoms with Crippen molar-refractivity contribution in [3.05, 3.63) is 34.8 Å². The fourth-order valence-electron chi connectivity index (χ4n) is 0.415. The van der Waals surface area contributed by atoms with E-state index in [9.17, 15) is 0 Å². The van der Waals surface area contributed by atoms with Crippen molar-refractivity contribution in [3.63, 3.8) is 0 Å². The molecule has 8 heavy (non-hydrogen) atoms. The van der Waals surface area contributed by atoms with Crippen molar-refractivity contribution in [2.45, 2.75) is 0 Å². The normalized spacial score (nSPS) is 7.62. The Bertz CT molecular complexity index is 138. The van der Waals surface area contributed by atoms with Gasteiger partial charge in [0.05, 0.1) is 0 Å². The molecule has 0 aliphatic rings. The molecule has 0 amide bonds. The molecule has 0 radical (unpaired) electrons. The fraction of sp³-hybridized carbons (Fsp3) is 0. The van der Waals surface area contributed by atoms with E-state index in [0.717, 1.165) is 4.47 Å². The average Bonchev–Trinajstić information content (AvgIpc) is 1.69. The monoisotopic (exact) mass is 196 g/mol. The molecule has 0 N–H and O–H groups in total. The molecule has 0 heterocycles. The van der Waals surface area contributed by atoms with Crippen molar-refractivity contribution >= 4 is 67.3 Å². The first-order chi connectivity index (χ1) is 3.39. The molecule has 0 bridgehead atoms. The second-order valence-electron chi connectivity index (χ2n) is 1.30. The Morgan fingerprint density at radius 1 is 1.00 bits per heavy atom. The van der Waals surface area contributed by atoms with Crippen molar-refractivity contribution in [1.82, 2.24) is 0 Å². The van der Waals surface area contributed by atoms with E-state index in [0.29, 0.717) is 0 Å². The standard InChI is InChI=1S/C6H5Br.K.H/c7-6-4-2-1-3-5-6;;/h1-5H;;. The molecule has 0 unspecified atom stereocenters. The van der Waals surface area contributed by atoms with E-state index in [1.165, 1.54) is 0 Å².